The molecule has 0 bridgehead atoms. The highest BCUT2D eigenvalue weighted by molar-refractivity contribution is 9.10. The molecule has 0 aromatic heterocycles. The van der Waals surface area contributed by atoms with Crippen LogP contribution in [0.15, 0.2) is 22.7 Å². The van der Waals surface area contributed by atoms with E-state index in [2.05, 4.69) is 33.9 Å². The second-order valence-corrected chi connectivity index (χ2v) is 6.66. The summed E-state index contributed by atoms with van der Waals surface area (Å²) >= 11 is 10.6. The van der Waals surface area contributed by atoms with Gasteiger partial charge in [0.1, 0.15) is 4.99 Å². The van der Waals surface area contributed by atoms with Crippen LogP contribution in [0.5, 0.6) is 0 Å². The van der Waals surface area contributed by atoms with Crippen molar-refractivity contribution in [2.24, 2.45) is 5.73 Å². The van der Waals surface area contributed by atoms with Crippen LogP contribution in [-0.2, 0) is 0 Å². The van der Waals surface area contributed by atoms with Gasteiger partial charge in [-0.05, 0) is 30.4 Å². The third-order valence-corrected chi connectivity index (χ3v) is 4.92. The molecule has 1 fully saturated rings. The number of hydrogen-bond acceptors (Lipinski definition) is 3. The number of hydrogen-bond donors (Lipinski definition) is 1. The molecule has 1 aromatic rings. The maximum Gasteiger partial charge on any atom is 0.106 e. The van der Waals surface area contributed by atoms with Crippen molar-refractivity contribution < 1.29 is 0 Å². The summed E-state index contributed by atoms with van der Waals surface area (Å²) in [5.41, 5.74) is 7.88. The van der Waals surface area contributed by atoms with Gasteiger partial charge in [0.2, 0.25) is 0 Å². The van der Waals surface area contributed by atoms with E-state index < -0.39 is 0 Å². The van der Waals surface area contributed by atoms with Crippen molar-refractivity contribution in [3.63, 3.8) is 0 Å². The Hall–Kier alpha value is -0.260. The topological polar surface area (TPSA) is 29.3 Å². The van der Waals surface area contributed by atoms with Gasteiger partial charge < -0.3 is 10.6 Å². The first-order valence-electron chi connectivity index (χ1n) is 5.49. The normalized spacial score (nSPS) is 19.3. The van der Waals surface area contributed by atoms with Gasteiger partial charge in [-0.2, -0.15) is 11.8 Å². The summed E-state index contributed by atoms with van der Waals surface area (Å²) in [5, 5.41) is 0. The average molecular weight is 331 g/mol. The van der Waals surface area contributed by atoms with Crippen LogP contribution in [0.3, 0.4) is 0 Å². The summed E-state index contributed by atoms with van der Waals surface area (Å²) in [6.45, 7) is 0. The van der Waals surface area contributed by atoms with Gasteiger partial charge >= 0.3 is 0 Å². The number of thiocarbonyl (C=S) groups is 1. The van der Waals surface area contributed by atoms with E-state index in [9.17, 15) is 0 Å². The second kappa shape index (κ2) is 5.59. The Bertz CT molecular complexity index is 431. The first-order chi connectivity index (χ1) is 8.09. The minimum absolute atomic E-state index is 0.457. The first-order valence-corrected chi connectivity index (χ1v) is 7.85. The maximum absolute atomic E-state index is 5.80. The van der Waals surface area contributed by atoms with Crippen LogP contribution in [0.25, 0.3) is 0 Å². The van der Waals surface area contributed by atoms with Crippen molar-refractivity contribution >= 4 is 50.6 Å². The zero-order valence-electron chi connectivity index (χ0n) is 9.65. The zero-order valence-corrected chi connectivity index (χ0v) is 12.9. The molecule has 1 heterocycles. The molecule has 1 aliphatic heterocycles. The standard InChI is InChI=1S/C12H15BrN2S2/c1-15(9-4-5-17-7-9)11-3-2-8(13)6-10(11)12(14)16/h2-3,6,9H,4-5,7H2,1H3,(H2,14,16). The lowest BCUT2D eigenvalue weighted by Gasteiger charge is -2.28. The van der Waals surface area contributed by atoms with Crippen molar-refractivity contribution in [1.29, 1.82) is 0 Å². The Balaban J connectivity index is 2.33. The van der Waals surface area contributed by atoms with Crippen LogP contribution in [0.2, 0.25) is 0 Å². The molecule has 1 aromatic carbocycles. The minimum Gasteiger partial charge on any atom is -0.389 e. The molecular weight excluding hydrogens is 316 g/mol. The molecule has 0 radical (unpaired) electrons. The number of anilines is 1. The number of nitrogens with zero attached hydrogens (tertiary/aromatic N) is 1. The molecule has 92 valence electrons. The number of halogens is 1. The van der Waals surface area contributed by atoms with Gasteiger partial charge in [0.25, 0.3) is 0 Å². The summed E-state index contributed by atoms with van der Waals surface area (Å²) in [6, 6.07) is 6.71. The van der Waals surface area contributed by atoms with Gasteiger partial charge in [-0.1, -0.05) is 28.1 Å². The lowest BCUT2D eigenvalue weighted by Crippen LogP contribution is -2.33. The van der Waals surface area contributed by atoms with E-state index in [1.807, 2.05) is 23.9 Å². The Morgan fingerprint density at radius 1 is 1.59 bits per heavy atom. The van der Waals surface area contributed by atoms with Gasteiger partial charge in [-0.3, -0.25) is 0 Å². The molecule has 0 aliphatic carbocycles. The quantitative estimate of drug-likeness (QED) is 0.862. The molecule has 0 amide bonds. The predicted octanol–water partition coefficient (Wildman–Crippen LogP) is 3.03. The monoisotopic (exact) mass is 330 g/mol. The van der Waals surface area contributed by atoms with Crippen molar-refractivity contribution in [1.82, 2.24) is 0 Å². The lowest BCUT2D eigenvalue weighted by atomic mass is 10.1. The highest BCUT2D eigenvalue weighted by atomic mass is 79.9. The zero-order chi connectivity index (χ0) is 12.4. The molecule has 0 saturated carbocycles. The Kier molecular flexibility index (Phi) is 4.33. The van der Waals surface area contributed by atoms with E-state index in [1.165, 1.54) is 17.9 Å². The Morgan fingerprint density at radius 2 is 2.35 bits per heavy atom. The first kappa shape index (κ1) is 13.2. The van der Waals surface area contributed by atoms with E-state index in [0.29, 0.717) is 11.0 Å². The molecule has 17 heavy (non-hydrogen) atoms. The van der Waals surface area contributed by atoms with Crippen LogP contribution >= 0.6 is 39.9 Å². The molecule has 1 aliphatic rings. The van der Waals surface area contributed by atoms with E-state index in [4.69, 9.17) is 18.0 Å². The fraction of sp³-hybridized carbons (Fsp3) is 0.417. The number of rotatable bonds is 3. The smallest absolute Gasteiger partial charge is 0.106 e. The third-order valence-electron chi connectivity index (χ3n) is 3.06. The summed E-state index contributed by atoms with van der Waals surface area (Å²) in [4.78, 5) is 2.76. The summed E-state index contributed by atoms with van der Waals surface area (Å²) < 4.78 is 1.01. The molecule has 0 spiro atoms. The van der Waals surface area contributed by atoms with Gasteiger partial charge in [0.05, 0.1) is 0 Å². The van der Waals surface area contributed by atoms with Crippen LogP contribution in [0, 0.1) is 0 Å². The molecule has 5 heteroatoms. The van der Waals surface area contributed by atoms with Crippen molar-refractivity contribution in [2.75, 3.05) is 23.5 Å². The number of benzene rings is 1. The van der Waals surface area contributed by atoms with Crippen LogP contribution in [0.1, 0.15) is 12.0 Å². The SMILES string of the molecule is CN(c1ccc(Br)cc1C(N)=S)C1CCSC1. The van der Waals surface area contributed by atoms with Gasteiger partial charge in [0.15, 0.2) is 0 Å². The average Bonchev–Trinajstić information content (AvgIpc) is 2.81. The largest absolute Gasteiger partial charge is 0.389 e. The highest BCUT2D eigenvalue weighted by Crippen LogP contribution is 2.29. The van der Waals surface area contributed by atoms with E-state index in [0.717, 1.165) is 15.7 Å². The van der Waals surface area contributed by atoms with Gasteiger partial charge in [0, 0.05) is 34.6 Å². The summed E-state index contributed by atoms with van der Waals surface area (Å²) in [5.74, 6) is 2.43. The third kappa shape index (κ3) is 2.95. The molecule has 1 saturated heterocycles. The molecule has 1 unspecified atom stereocenters. The molecule has 2 nitrogen and oxygen atoms in total. The second-order valence-electron chi connectivity index (χ2n) is 4.15. The Morgan fingerprint density at radius 3 is 2.94 bits per heavy atom. The van der Waals surface area contributed by atoms with Crippen molar-refractivity contribution in [2.45, 2.75) is 12.5 Å². The molecule has 1 atom stereocenters. The number of thioether (sulfide) groups is 1. The predicted molar refractivity (Wildman–Crippen MR) is 84.2 cm³/mol. The fourth-order valence-electron chi connectivity index (χ4n) is 2.04. The fourth-order valence-corrected chi connectivity index (χ4v) is 3.83. The molecule has 2 rings (SSSR count). The lowest BCUT2D eigenvalue weighted by molar-refractivity contribution is 0.699. The summed E-state index contributed by atoms with van der Waals surface area (Å²) in [7, 11) is 2.13. The summed E-state index contributed by atoms with van der Waals surface area (Å²) in [6.07, 6.45) is 1.23. The maximum atomic E-state index is 5.80. The van der Waals surface area contributed by atoms with E-state index in [1.54, 1.807) is 0 Å². The van der Waals surface area contributed by atoms with Crippen LogP contribution in [-0.4, -0.2) is 29.6 Å². The Labute approximate surface area is 120 Å². The van der Waals surface area contributed by atoms with Crippen molar-refractivity contribution in [3.8, 4) is 0 Å². The van der Waals surface area contributed by atoms with Crippen molar-refractivity contribution in [3.05, 3.63) is 28.2 Å². The van der Waals surface area contributed by atoms with Crippen LogP contribution in [0.4, 0.5) is 5.69 Å². The number of nitrogens with two attached hydrogens (primary N) is 1. The highest BCUT2D eigenvalue weighted by Gasteiger charge is 2.22. The molecule has 2 N–H and O–H groups in total. The minimum atomic E-state index is 0.457. The van der Waals surface area contributed by atoms with E-state index in [-0.39, 0.29) is 0 Å². The van der Waals surface area contributed by atoms with Gasteiger partial charge in [-0.25, -0.2) is 0 Å². The van der Waals surface area contributed by atoms with E-state index >= 15 is 0 Å². The molecular formula is C12H15BrN2S2. The van der Waals surface area contributed by atoms with Crippen LogP contribution < -0.4 is 10.6 Å². The van der Waals surface area contributed by atoms with Gasteiger partial charge in [-0.15, -0.1) is 0 Å².